The van der Waals surface area contributed by atoms with Crippen LogP contribution in [0.1, 0.15) is 30.1 Å². The minimum atomic E-state index is 0.0206. The van der Waals surface area contributed by atoms with Crippen molar-refractivity contribution in [2.75, 3.05) is 13.2 Å². The molecular weight excluding hydrogens is 236 g/mol. The number of nitrogens with zero attached hydrogens (tertiary/aromatic N) is 1. The summed E-state index contributed by atoms with van der Waals surface area (Å²) in [5.74, 6) is 0.488. The Morgan fingerprint density at radius 1 is 1.26 bits per heavy atom. The highest BCUT2D eigenvalue weighted by Crippen LogP contribution is 2.29. The number of hydrogen-bond acceptors (Lipinski definition) is 3. The predicted molar refractivity (Wildman–Crippen MR) is 77.0 cm³/mol. The maximum atomic E-state index is 6.41. The highest BCUT2D eigenvalue weighted by Gasteiger charge is 2.23. The number of para-hydroxylation sites is 1. The van der Waals surface area contributed by atoms with Crippen molar-refractivity contribution in [3.05, 3.63) is 41.6 Å². The molecule has 0 saturated carbocycles. The van der Waals surface area contributed by atoms with Crippen molar-refractivity contribution in [3.8, 4) is 0 Å². The third-order valence-electron chi connectivity index (χ3n) is 4.06. The van der Waals surface area contributed by atoms with E-state index in [9.17, 15) is 0 Å². The molecule has 1 unspecified atom stereocenters. The average Bonchev–Trinajstić information content (AvgIpc) is 2.47. The van der Waals surface area contributed by atoms with Crippen molar-refractivity contribution < 1.29 is 4.74 Å². The molecule has 0 radical (unpaired) electrons. The molecule has 1 atom stereocenters. The molecular formula is C16H20N2O. The van der Waals surface area contributed by atoms with E-state index in [0.717, 1.165) is 37.3 Å². The molecule has 0 spiro atoms. The van der Waals surface area contributed by atoms with E-state index in [-0.39, 0.29) is 6.04 Å². The smallest absolute Gasteiger partial charge is 0.0708 e. The Kier molecular flexibility index (Phi) is 3.49. The van der Waals surface area contributed by atoms with Crippen molar-refractivity contribution in [2.24, 2.45) is 11.7 Å². The third kappa shape index (κ3) is 2.48. The number of nitrogens with two attached hydrogens (primary N) is 1. The number of ether oxygens (including phenoxy) is 1. The summed E-state index contributed by atoms with van der Waals surface area (Å²) in [6.45, 7) is 3.78. The van der Waals surface area contributed by atoms with Crippen LogP contribution in [0.15, 0.2) is 30.3 Å². The van der Waals surface area contributed by atoms with E-state index in [4.69, 9.17) is 15.5 Å². The standard InChI is InChI=1S/C16H20N2O/c1-11-10-15(16(17)12-6-8-19-9-7-12)18-14-5-3-2-4-13(11)14/h2-5,10,12,16H,6-9,17H2,1H3. The van der Waals surface area contributed by atoms with Gasteiger partial charge in [0.25, 0.3) is 0 Å². The van der Waals surface area contributed by atoms with Gasteiger partial charge in [-0.3, -0.25) is 4.98 Å². The highest BCUT2D eigenvalue weighted by molar-refractivity contribution is 5.82. The second kappa shape index (κ2) is 5.27. The van der Waals surface area contributed by atoms with E-state index in [1.54, 1.807) is 0 Å². The number of rotatable bonds is 2. The summed E-state index contributed by atoms with van der Waals surface area (Å²) in [5, 5.41) is 1.21. The van der Waals surface area contributed by atoms with Gasteiger partial charge in [0.15, 0.2) is 0 Å². The molecule has 100 valence electrons. The van der Waals surface area contributed by atoms with Crippen LogP contribution in [0.25, 0.3) is 10.9 Å². The fourth-order valence-electron chi connectivity index (χ4n) is 2.86. The lowest BCUT2D eigenvalue weighted by atomic mass is 9.89. The minimum Gasteiger partial charge on any atom is -0.381 e. The molecule has 1 aliphatic heterocycles. The third-order valence-corrected chi connectivity index (χ3v) is 4.06. The van der Waals surface area contributed by atoms with Crippen LogP contribution in [-0.4, -0.2) is 18.2 Å². The minimum absolute atomic E-state index is 0.0206. The molecule has 0 aliphatic carbocycles. The van der Waals surface area contributed by atoms with Gasteiger partial charge in [0.2, 0.25) is 0 Å². The SMILES string of the molecule is Cc1cc(C(N)C2CCOCC2)nc2ccccc12. The van der Waals surface area contributed by atoms with Gasteiger partial charge in [-0.2, -0.15) is 0 Å². The summed E-state index contributed by atoms with van der Waals surface area (Å²) in [4.78, 5) is 4.75. The number of hydrogen-bond donors (Lipinski definition) is 1. The highest BCUT2D eigenvalue weighted by atomic mass is 16.5. The Hall–Kier alpha value is -1.45. The number of pyridine rings is 1. The normalized spacial score (nSPS) is 18.6. The molecule has 3 heteroatoms. The Labute approximate surface area is 113 Å². The van der Waals surface area contributed by atoms with E-state index in [1.165, 1.54) is 10.9 Å². The van der Waals surface area contributed by atoms with E-state index >= 15 is 0 Å². The lowest BCUT2D eigenvalue weighted by Crippen LogP contribution is -2.28. The maximum absolute atomic E-state index is 6.41. The van der Waals surface area contributed by atoms with E-state index < -0.39 is 0 Å². The Balaban J connectivity index is 1.95. The molecule has 2 N–H and O–H groups in total. The second-order valence-corrected chi connectivity index (χ2v) is 5.36. The van der Waals surface area contributed by atoms with Gasteiger partial charge in [0, 0.05) is 18.6 Å². The zero-order valence-corrected chi connectivity index (χ0v) is 11.3. The predicted octanol–water partition coefficient (Wildman–Crippen LogP) is 2.97. The number of aryl methyl sites for hydroxylation is 1. The first-order chi connectivity index (χ1) is 9.25. The second-order valence-electron chi connectivity index (χ2n) is 5.36. The van der Waals surface area contributed by atoms with Crippen LogP contribution in [0, 0.1) is 12.8 Å². The lowest BCUT2D eigenvalue weighted by molar-refractivity contribution is 0.0580. The van der Waals surface area contributed by atoms with Crippen molar-refractivity contribution >= 4 is 10.9 Å². The van der Waals surface area contributed by atoms with Crippen LogP contribution in [0.2, 0.25) is 0 Å². The largest absolute Gasteiger partial charge is 0.381 e. The Morgan fingerprint density at radius 3 is 2.79 bits per heavy atom. The Bertz CT molecular complexity index is 576. The van der Waals surface area contributed by atoms with Crippen molar-refractivity contribution in [1.29, 1.82) is 0 Å². The summed E-state index contributed by atoms with van der Waals surface area (Å²) >= 11 is 0. The summed E-state index contributed by atoms with van der Waals surface area (Å²) in [6.07, 6.45) is 2.07. The molecule has 2 heterocycles. The van der Waals surface area contributed by atoms with E-state index in [0.29, 0.717) is 5.92 Å². The molecule has 0 amide bonds. The van der Waals surface area contributed by atoms with Crippen LogP contribution in [-0.2, 0) is 4.74 Å². The van der Waals surface area contributed by atoms with Gasteiger partial charge in [-0.05, 0) is 43.4 Å². The van der Waals surface area contributed by atoms with Crippen molar-refractivity contribution in [3.63, 3.8) is 0 Å². The molecule has 1 saturated heterocycles. The molecule has 1 fully saturated rings. The van der Waals surface area contributed by atoms with Crippen LogP contribution >= 0.6 is 0 Å². The van der Waals surface area contributed by atoms with Crippen LogP contribution in [0.5, 0.6) is 0 Å². The average molecular weight is 256 g/mol. The molecule has 2 aromatic rings. The Morgan fingerprint density at radius 2 is 2.00 bits per heavy atom. The summed E-state index contributed by atoms with van der Waals surface area (Å²) in [6, 6.07) is 10.4. The van der Waals surface area contributed by atoms with Crippen LogP contribution in [0.4, 0.5) is 0 Å². The number of aromatic nitrogens is 1. The number of benzene rings is 1. The van der Waals surface area contributed by atoms with Gasteiger partial charge >= 0.3 is 0 Å². The first-order valence-electron chi connectivity index (χ1n) is 6.95. The van der Waals surface area contributed by atoms with Gasteiger partial charge in [0.05, 0.1) is 17.3 Å². The van der Waals surface area contributed by atoms with Gasteiger partial charge < -0.3 is 10.5 Å². The summed E-state index contributed by atoms with van der Waals surface area (Å²) < 4.78 is 5.40. The lowest BCUT2D eigenvalue weighted by Gasteiger charge is -2.27. The van der Waals surface area contributed by atoms with Crippen LogP contribution in [0.3, 0.4) is 0 Å². The summed E-state index contributed by atoms with van der Waals surface area (Å²) in [7, 11) is 0. The summed E-state index contributed by atoms with van der Waals surface area (Å²) in [5.41, 5.74) is 9.72. The molecule has 19 heavy (non-hydrogen) atoms. The van der Waals surface area contributed by atoms with E-state index in [1.807, 2.05) is 6.07 Å². The van der Waals surface area contributed by atoms with Crippen molar-refractivity contribution in [1.82, 2.24) is 4.98 Å². The topological polar surface area (TPSA) is 48.1 Å². The van der Waals surface area contributed by atoms with E-state index in [2.05, 4.69) is 31.2 Å². The fourth-order valence-corrected chi connectivity index (χ4v) is 2.86. The molecule has 0 bridgehead atoms. The van der Waals surface area contributed by atoms with Gasteiger partial charge in [-0.15, -0.1) is 0 Å². The molecule has 1 aromatic heterocycles. The molecule has 1 aromatic carbocycles. The van der Waals surface area contributed by atoms with Gasteiger partial charge in [0.1, 0.15) is 0 Å². The first-order valence-corrected chi connectivity index (χ1v) is 6.95. The quantitative estimate of drug-likeness (QED) is 0.898. The van der Waals surface area contributed by atoms with Crippen molar-refractivity contribution in [2.45, 2.75) is 25.8 Å². The first kappa shape index (κ1) is 12.6. The fraction of sp³-hybridized carbons (Fsp3) is 0.438. The molecule has 1 aliphatic rings. The van der Waals surface area contributed by atoms with Crippen LogP contribution < -0.4 is 5.73 Å². The van der Waals surface area contributed by atoms with Gasteiger partial charge in [-0.25, -0.2) is 0 Å². The zero-order chi connectivity index (χ0) is 13.2. The monoisotopic (exact) mass is 256 g/mol. The molecule has 3 nitrogen and oxygen atoms in total. The zero-order valence-electron chi connectivity index (χ0n) is 11.3. The number of fused-ring (bicyclic) bond motifs is 1. The maximum Gasteiger partial charge on any atom is 0.0708 e. The van der Waals surface area contributed by atoms with Gasteiger partial charge in [-0.1, -0.05) is 18.2 Å². The molecule has 3 rings (SSSR count).